The number of Topliss-reactive ketones (excluding diaryl/α,β-unsaturated/α-hetero) is 1. The molecule has 2 bridgehead atoms. The first-order valence-electron chi connectivity index (χ1n) is 14.0. The number of nitrogens with zero attached hydrogens (tertiary/aromatic N) is 4. The minimum atomic E-state index is -3.68. The van der Waals surface area contributed by atoms with Gasteiger partial charge in [-0.2, -0.15) is 4.31 Å². The molecule has 3 heterocycles. The Hall–Kier alpha value is -2.56. The summed E-state index contributed by atoms with van der Waals surface area (Å²) in [4.78, 5) is 25.2. The summed E-state index contributed by atoms with van der Waals surface area (Å²) >= 11 is 0. The fourth-order valence-corrected chi connectivity index (χ4v) is 9.48. The summed E-state index contributed by atoms with van der Waals surface area (Å²) < 4.78 is 40.5. The quantitative estimate of drug-likeness (QED) is 0.515. The SMILES string of the molecule is COc1ccccc1Cc1nc2c(c(N3CCOCC3)n1)CN(S(=O)(=O)CC13CCC(CC1=O)C3(C)C)CC2. The maximum atomic E-state index is 13.9. The molecule has 2 atom stereocenters. The maximum absolute atomic E-state index is 13.9. The molecule has 39 heavy (non-hydrogen) atoms. The van der Waals surface area contributed by atoms with E-state index in [1.165, 1.54) is 0 Å². The largest absolute Gasteiger partial charge is 0.496 e. The van der Waals surface area contributed by atoms with Gasteiger partial charge in [-0.3, -0.25) is 4.79 Å². The number of carbonyl (C=O) groups excluding carboxylic acids is 1. The van der Waals surface area contributed by atoms with Gasteiger partial charge in [0.25, 0.3) is 0 Å². The van der Waals surface area contributed by atoms with E-state index in [2.05, 4.69) is 18.7 Å². The number of methoxy groups -OCH3 is 1. The first-order valence-corrected chi connectivity index (χ1v) is 15.6. The molecule has 3 fully saturated rings. The fourth-order valence-electron chi connectivity index (χ4n) is 7.31. The van der Waals surface area contributed by atoms with Crippen LogP contribution in [0, 0.1) is 16.7 Å². The van der Waals surface area contributed by atoms with Crippen LogP contribution in [0.3, 0.4) is 0 Å². The van der Waals surface area contributed by atoms with Gasteiger partial charge in [0.2, 0.25) is 10.0 Å². The Balaban J connectivity index is 1.32. The summed E-state index contributed by atoms with van der Waals surface area (Å²) in [5.41, 5.74) is 1.71. The Bertz CT molecular complexity index is 1390. The number of ketones is 1. The molecule has 0 spiro atoms. The number of carbonyl (C=O) groups is 1. The van der Waals surface area contributed by atoms with Gasteiger partial charge in [0.05, 0.1) is 31.8 Å². The van der Waals surface area contributed by atoms with Crippen molar-refractivity contribution in [2.24, 2.45) is 16.7 Å². The van der Waals surface area contributed by atoms with Crippen molar-refractivity contribution >= 4 is 21.6 Å². The number of morpholine rings is 1. The minimum Gasteiger partial charge on any atom is -0.496 e. The lowest BCUT2D eigenvalue weighted by molar-refractivity contribution is -0.128. The molecule has 1 saturated heterocycles. The van der Waals surface area contributed by atoms with Crippen molar-refractivity contribution in [2.45, 2.75) is 52.5 Å². The van der Waals surface area contributed by atoms with Crippen molar-refractivity contribution in [3.8, 4) is 5.75 Å². The van der Waals surface area contributed by atoms with E-state index in [0.717, 1.165) is 34.8 Å². The molecule has 2 unspecified atom stereocenters. The number of hydrogen-bond donors (Lipinski definition) is 0. The van der Waals surface area contributed by atoms with Crippen molar-refractivity contribution in [1.29, 1.82) is 0 Å². The van der Waals surface area contributed by atoms with E-state index in [4.69, 9.17) is 19.4 Å². The van der Waals surface area contributed by atoms with Gasteiger partial charge in [-0.15, -0.1) is 0 Å². The molecule has 6 rings (SSSR count). The molecule has 0 N–H and O–H groups in total. The summed E-state index contributed by atoms with van der Waals surface area (Å²) in [5, 5.41) is 0. The Kier molecular flexibility index (Phi) is 6.71. The van der Waals surface area contributed by atoms with E-state index >= 15 is 0 Å². The number of ether oxygens (including phenoxy) is 2. The Morgan fingerprint density at radius 3 is 2.59 bits per heavy atom. The van der Waals surface area contributed by atoms with Gasteiger partial charge in [-0.05, 0) is 30.2 Å². The lowest BCUT2D eigenvalue weighted by Crippen LogP contribution is -2.48. The average molecular weight is 555 g/mol. The average Bonchev–Trinajstić information content (AvgIpc) is 3.27. The smallest absolute Gasteiger partial charge is 0.215 e. The van der Waals surface area contributed by atoms with E-state index in [-0.39, 0.29) is 29.4 Å². The number of sulfonamides is 1. The van der Waals surface area contributed by atoms with Gasteiger partial charge >= 0.3 is 0 Å². The third-order valence-corrected chi connectivity index (χ3v) is 11.8. The second-order valence-corrected chi connectivity index (χ2v) is 14.0. The Morgan fingerprint density at radius 2 is 1.90 bits per heavy atom. The fraction of sp³-hybridized carbons (Fsp3) is 0.621. The van der Waals surface area contributed by atoms with E-state index in [1.54, 1.807) is 11.4 Å². The van der Waals surface area contributed by atoms with Gasteiger partial charge < -0.3 is 14.4 Å². The number of hydrogen-bond acceptors (Lipinski definition) is 8. The molecule has 9 nitrogen and oxygen atoms in total. The highest BCUT2D eigenvalue weighted by Gasteiger charge is 2.65. The van der Waals surface area contributed by atoms with Crippen molar-refractivity contribution in [3.63, 3.8) is 0 Å². The van der Waals surface area contributed by atoms with Crippen molar-refractivity contribution in [2.75, 3.05) is 50.6 Å². The number of para-hydroxylation sites is 1. The highest BCUT2D eigenvalue weighted by Crippen LogP contribution is 2.64. The lowest BCUT2D eigenvalue weighted by Gasteiger charge is -2.39. The van der Waals surface area contributed by atoms with E-state index in [9.17, 15) is 13.2 Å². The number of aromatic nitrogens is 2. The van der Waals surface area contributed by atoms with E-state index in [1.807, 2.05) is 24.3 Å². The molecule has 2 aliphatic carbocycles. The monoisotopic (exact) mass is 554 g/mol. The van der Waals surface area contributed by atoms with Crippen LogP contribution >= 0.6 is 0 Å². The van der Waals surface area contributed by atoms with Gasteiger partial charge in [-0.1, -0.05) is 32.0 Å². The number of fused-ring (bicyclic) bond motifs is 3. The molecule has 2 saturated carbocycles. The van der Waals surface area contributed by atoms with Crippen molar-refractivity contribution in [3.05, 3.63) is 46.9 Å². The summed E-state index contributed by atoms with van der Waals surface area (Å²) in [7, 11) is -2.02. The molecule has 1 aromatic carbocycles. The highest BCUT2D eigenvalue weighted by molar-refractivity contribution is 7.89. The molecular formula is C29H38N4O5S. The molecule has 2 aromatic rings. The van der Waals surface area contributed by atoms with Crippen molar-refractivity contribution < 1.29 is 22.7 Å². The van der Waals surface area contributed by atoms with Gasteiger partial charge in [-0.25, -0.2) is 18.4 Å². The van der Waals surface area contributed by atoms with Gasteiger partial charge in [0.1, 0.15) is 23.2 Å². The van der Waals surface area contributed by atoms with Crippen LogP contribution in [0.2, 0.25) is 0 Å². The Morgan fingerprint density at radius 1 is 1.13 bits per heavy atom. The third kappa shape index (κ3) is 4.44. The van der Waals surface area contributed by atoms with Crippen LogP contribution in [0.4, 0.5) is 5.82 Å². The van der Waals surface area contributed by atoms with Crippen LogP contribution in [-0.2, 0) is 38.9 Å². The predicted octanol–water partition coefficient (Wildman–Crippen LogP) is 3.00. The standard InChI is InChI=1S/C29H38N4O5S/c1-28(2)21-8-10-29(28,25(34)17-21)19-39(35,36)33-11-9-23-22(18-33)27(32-12-14-38-15-13-32)31-26(30-23)16-20-6-4-5-7-24(20)37-3/h4-7,21H,8-19H2,1-3H3. The van der Waals surface area contributed by atoms with Crippen LogP contribution in [-0.4, -0.2) is 74.2 Å². The molecule has 1 aromatic heterocycles. The molecule has 10 heteroatoms. The predicted molar refractivity (Wildman–Crippen MR) is 147 cm³/mol. The zero-order valence-corrected chi connectivity index (χ0v) is 23.9. The normalized spacial score (nSPS) is 26.6. The van der Waals surface area contributed by atoms with Crippen LogP contribution in [0.25, 0.3) is 0 Å². The number of rotatable bonds is 7. The second-order valence-electron chi connectivity index (χ2n) is 12.0. The first kappa shape index (κ1) is 26.7. The zero-order valence-electron chi connectivity index (χ0n) is 23.1. The molecule has 2 aliphatic heterocycles. The van der Waals surface area contributed by atoms with Crippen LogP contribution in [0.5, 0.6) is 5.75 Å². The summed E-state index contributed by atoms with van der Waals surface area (Å²) in [6, 6.07) is 7.87. The minimum absolute atomic E-state index is 0.0999. The third-order valence-electron chi connectivity index (χ3n) is 9.86. The maximum Gasteiger partial charge on any atom is 0.215 e. The highest BCUT2D eigenvalue weighted by atomic mass is 32.2. The molecule has 0 amide bonds. The number of benzene rings is 1. The summed E-state index contributed by atoms with van der Waals surface area (Å²) in [5.74, 6) is 2.60. The zero-order chi connectivity index (χ0) is 27.4. The lowest BCUT2D eigenvalue weighted by atomic mass is 9.70. The Labute approximate surface area is 231 Å². The van der Waals surface area contributed by atoms with Crippen LogP contribution in [0.15, 0.2) is 24.3 Å². The second kappa shape index (κ2) is 9.82. The molecule has 4 aliphatic rings. The number of anilines is 1. The topological polar surface area (TPSA) is 102 Å². The first-order chi connectivity index (χ1) is 18.6. The van der Waals surface area contributed by atoms with Gasteiger partial charge in [0, 0.05) is 62.0 Å². The van der Waals surface area contributed by atoms with E-state index < -0.39 is 15.4 Å². The van der Waals surface area contributed by atoms with Crippen LogP contribution < -0.4 is 9.64 Å². The molecule has 0 radical (unpaired) electrons. The molecular weight excluding hydrogens is 516 g/mol. The summed E-state index contributed by atoms with van der Waals surface area (Å²) in [6.07, 6.45) is 3.15. The molecule has 210 valence electrons. The summed E-state index contributed by atoms with van der Waals surface area (Å²) in [6.45, 7) is 7.35. The van der Waals surface area contributed by atoms with Gasteiger partial charge in [0.15, 0.2) is 0 Å². The van der Waals surface area contributed by atoms with E-state index in [0.29, 0.717) is 64.4 Å². The van der Waals surface area contributed by atoms with Crippen molar-refractivity contribution in [1.82, 2.24) is 14.3 Å². The van der Waals surface area contributed by atoms with Crippen LogP contribution in [0.1, 0.15) is 55.8 Å².